The van der Waals surface area contributed by atoms with Crippen molar-refractivity contribution in [3.05, 3.63) is 70.2 Å². The Labute approximate surface area is 198 Å². The number of fused-ring (bicyclic) bond motifs is 1. The third kappa shape index (κ3) is 4.05. The zero-order valence-electron chi connectivity index (χ0n) is 18.0. The zero-order valence-corrected chi connectivity index (χ0v) is 19.6. The van der Waals surface area contributed by atoms with Crippen molar-refractivity contribution in [3.63, 3.8) is 0 Å². The van der Waals surface area contributed by atoms with E-state index in [0.717, 1.165) is 11.3 Å². The van der Waals surface area contributed by atoms with Gasteiger partial charge in [0.2, 0.25) is 0 Å². The van der Waals surface area contributed by atoms with E-state index < -0.39 is 35.2 Å². The fraction of sp³-hybridized carbons (Fsp3) is 0.250. The maximum Gasteiger partial charge on any atom is 0.296 e. The monoisotopic (exact) mass is 486 g/mol. The van der Waals surface area contributed by atoms with Crippen molar-refractivity contribution in [1.82, 2.24) is 4.98 Å². The molecule has 33 heavy (non-hydrogen) atoms. The van der Waals surface area contributed by atoms with Gasteiger partial charge in [0, 0.05) is 5.02 Å². The second kappa shape index (κ2) is 8.68. The molecule has 0 spiro atoms. The van der Waals surface area contributed by atoms with Crippen LogP contribution in [0.1, 0.15) is 32.4 Å². The van der Waals surface area contributed by atoms with Crippen LogP contribution < -0.4 is 4.90 Å². The van der Waals surface area contributed by atoms with Gasteiger partial charge < -0.3 is 5.11 Å². The number of amides is 1. The summed E-state index contributed by atoms with van der Waals surface area (Å²) in [6.45, 7) is 4.78. The van der Waals surface area contributed by atoms with Crippen LogP contribution in [0, 0.1) is 17.7 Å². The second-order valence-corrected chi connectivity index (χ2v) is 9.64. The first kappa shape index (κ1) is 23.1. The number of carbonyl (C=O) groups excluding carboxylic acids is 3. The summed E-state index contributed by atoms with van der Waals surface area (Å²) in [6.07, 6.45) is 0. The van der Waals surface area contributed by atoms with Crippen molar-refractivity contribution in [3.8, 4) is 0 Å². The van der Waals surface area contributed by atoms with Crippen LogP contribution in [0.15, 0.2) is 53.8 Å². The van der Waals surface area contributed by atoms with Gasteiger partial charge >= 0.3 is 0 Å². The molecule has 3 aromatic rings. The Balaban J connectivity index is 1.90. The number of carbonyl (C=O) groups is 3. The van der Waals surface area contributed by atoms with E-state index in [0.29, 0.717) is 20.8 Å². The third-order valence-electron chi connectivity index (χ3n) is 5.59. The molecule has 0 aliphatic carbocycles. The summed E-state index contributed by atoms with van der Waals surface area (Å²) in [5.74, 6) is -4.31. The van der Waals surface area contributed by atoms with Gasteiger partial charge in [0.15, 0.2) is 16.7 Å². The van der Waals surface area contributed by atoms with Gasteiger partial charge in [-0.05, 0) is 48.7 Å². The van der Waals surface area contributed by atoms with Gasteiger partial charge in [-0.15, -0.1) is 0 Å². The average molecular weight is 487 g/mol. The summed E-state index contributed by atoms with van der Waals surface area (Å²) < 4.78 is 14.2. The zero-order chi connectivity index (χ0) is 24.0. The van der Waals surface area contributed by atoms with Crippen LogP contribution in [-0.4, -0.2) is 27.6 Å². The van der Waals surface area contributed by atoms with Crippen molar-refractivity contribution in [2.24, 2.45) is 11.8 Å². The number of thiazole rings is 1. The molecular weight excluding hydrogens is 467 g/mol. The molecule has 2 aromatic carbocycles. The predicted octanol–water partition coefficient (Wildman–Crippen LogP) is 5.42. The summed E-state index contributed by atoms with van der Waals surface area (Å²) in [4.78, 5) is 44.7. The molecule has 4 rings (SSSR count). The summed E-state index contributed by atoms with van der Waals surface area (Å²) in [5.41, 5.74) is 0.820. The predicted molar refractivity (Wildman–Crippen MR) is 125 cm³/mol. The van der Waals surface area contributed by atoms with Crippen LogP contribution in [-0.2, 0) is 14.4 Å². The highest BCUT2D eigenvalue weighted by atomic mass is 35.5. The number of aliphatic hydroxyl groups excluding tert-OH is 1. The second-order valence-electron chi connectivity index (χ2n) is 8.20. The van der Waals surface area contributed by atoms with Crippen molar-refractivity contribution < 1.29 is 23.9 Å². The molecule has 1 aliphatic heterocycles. The lowest BCUT2D eigenvalue weighted by Crippen LogP contribution is -2.34. The number of halogens is 2. The maximum atomic E-state index is 13.7. The Bertz CT molecular complexity index is 1320. The lowest BCUT2D eigenvalue weighted by Gasteiger charge is -2.26. The van der Waals surface area contributed by atoms with Crippen LogP contribution in [0.4, 0.5) is 9.52 Å². The summed E-state index contributed by atoms with van der Waals surface area (Å²) in [5, 5.41) is 11.5. The molecule has 1 aliphatic rings. The molecule has 1 N–H and O–H groups in total. The standard InChI is InChI=1S/C24H20ClFN2O4S/c1-11(2)18(12(3)29)21(30)19-20(13-4-6-14(25)7-5-13)28(23(32)22(19)31)24-27-16-9-8-15(26)10-17(16)33-24/h4-11,18,20,31H,1-3H3. The minimum Gasteiger partial charge on any atom is -0.503 e. The highest BCUT2D eigenvalue weighted by molar-refractivity contribution is 7.22. The molecule has 2 atom stereocenters. The molecule has 1 amide bonds. The Hall–Kier alpha value is -3.10. The van der Waals surface area contributed by atoms with E-state index in [-0.39, 0.29) is 22.4 Å². The highest BCUT2D eigenvalue weighted by Gasteiger charge is 2.48. The summed E-state index contributed by atoms with van der Waals surface area (Å²) >= 11 is 7.09. The molecule has 0 saturated heterocycles. The van der Waals surface area contributed by atoms with Crippen LogP contribution in [0.25, 0.3) is 10.2 Å². The summed E-state index contributed by atoms with van der Waals surface area (Å²) in [6, 6.07) is 9.54. The number of anilines is 1. The number of ketones is 2. The van der Waals surface area contributed by atoms with Crippen LogP contribution in [0.2, 0.25) is 5.02 Å². The average Bonchev–Trinajstić information content (AvgIpc) is 3.26. The number of rotatable bonds is 6. The molecule has 0 bridgehead atoms. The molecule has 6 nitrogen and oxygen atoms in total. The van der Waals surface area contributed by atoms with Crippen molar-refractivity contribution in [2.45, 2.75) is 26.8 Å². The lowest BCUT2D eigenvalue weighted by molar-refractivity contribution is -0.131. The molecule has 0 saturated carbocycles. The van der Waals surface area contributed by atoms with E-state index in [9.17, 15) is 23.9 Å². The number of benzene rings is 2. The fourth-order valence-electron chi connectivity index (χ4n) is 4.13. The van der Waals surface area contributed by atoms with Gasteiger partial charge in [-0.3, -0.25) is 19.3 Å². The van der Waals surface area contributed by atoms with E-state index >= 15 is 0 Å². The van der Waals surface area contributed by atoms with Gasteiger partial charge in [-0.1, -0.05) is 48.9 Å². The number of Topliss-reactive ketones (excluding diaryl/α,β-unsaturated/α-hetero) is 2. The normalized spacial score (nSPS) is 17.3. The lowest BCUT2D eigenvalue weighted by atomic mass is 9.82. The molecule has 0 fully saturated rings. The molecule has 1 aromatic heterocycles. The quantitative estimate of drug-likeness (QED) is 0.470. The highest BCUT2D eigenvalue weighted by Crippen LogP contribution is 2.44. The van der Waals surface area contributed by atoms with E-state index in [1.54, 1.807) is 38.1 Å². The Morgan fingerprint density at radius 1 is 1.18 bits per heavy atom. The smallest absolute Gasteiger partial charge is 0.296 e. The molecule has 2 unspecified atom stereocenters. The molecule has 9 heteroatoms. The molecule has 2 heterocycles. The Kier molecular flexibility index (Phi) is 6.07. The van der Waals surface area contributed by atoms with E-state index in [2.05, 4.69) is 4.98 Å². The number of hydrogen-bond donors (Lipinski definition) is 1. The maximum absolute atomic E-state index is 13.7. The van der Waals surface area contributed by atoms with E-state index in [1.165, 1.54) is 30.0 Å². The number of aliphatic hydroxyl groups is 1. The van der Waals surface area contributed by atoms with Crippen molar-refractivity contribution in [2.75, 3.05) is 4.90 Å². The fourth-order valence-corrected chi connectivity index (χ4v) is 5.27. The first-order chi connectivity index (χ1) is 15.6. The van der Waals surface area contributed by atoms with Crippen LogP contribution in [0.5, 0.6) is 0 Å². The van der Waals surface area contributed by atoms with Gasteiger partial charge in [0.25, 0.3) is 5.91 Å². The van der Waals surface area contributed by atoms with Gasteiger partial charge in [0.1, 0.15) is 11.6 Å². The molecule has 0 radical (unpaired) electrons. The van der Waals surface area contributed by atoms with Crippen molar-refractivity contribution in [1.29, 1.82) is 0 Å². The molecular formula is C24H20ClFN2O4S. The summed E-state index contributed by atoms with van der Waals surface area (Å²) in [7, 11) is 0. The van der Waals surface area contributed by atoms with Gasteiger partial charge in [0.05, 0.1) is 27.7 Å². The number of nitrogens with zero attached hydrogens (tertiary/aromatic N) is 2. The van der Waals surface area contributed by atoms with Crippen molar-refractivity contribution >= 4 is 55.8 Å². The first-order valence-corrected chi connectivity index (χ1v) is 11.4. The van der Waals surface area contributed by atoms with Crippen LogP contribution in [0.3, 0.4) is 0 Å². The van der Waals surface area contributed by atoms with Gasteiger partial charge in [-0.25, -0.2) is 9.37 Å². The SMILES string of the molecule is CC(=O)C(C(=O)C1=C(O)C(=O)N(c2nc3ccc(F)cc3s2)C1c1ccc(Cl)cc1)C(C)C. The van der Waals surface area contributed by atoms with Crippen LogP contribution >= 0.6 is 22.9 Å². The number of hydrogen-bond acceptors (Lipinski definition) is 6. The largest absolute Gasteiger partial charge is 0.503 e. The van der Waals surface area contributed by atoms with E-state index in [1.807, 2.05) is 0 Å². The van der Waals surface area contributed by atoms with Gasteiger partial charge in [-0.2, -0.15) is 0 Å². The number of aromatic nitrogens is 1. The van der Waals surface area contributed by atoms with E-state index in [4.69, 9.17) is 11.6 Å². The molecule has 170 valence electrons. The minimum absolute atomic E-state index is 0.165. The Morgan fingerprint density at radius 3 is 2.45 bits per heavy atom. The topological polar surface area (TPSA) is 87.6 Å². The Morgan fingerprint density at radius 2 is 1.85 bits per heavy atom. The third-order valence-corrected chi connectivity index (χ3v) is 6.86. The first-order valence-electron chi connectivity index (χ1n) is 10.2. The minimum atomic E-state index is -1.02.